The third-order valence-corrected chi connectivity index (χ3v) is 7.06. The number of rotatable bonds is 26. The lowest BCUT2D eigenvalue weighted by Gasteiger charge is -2.27. The molecule has 0 radical (unpaired) electrons. The van der Waals surface area contributed by atoms with Gasteiger partial charge in [0.15, 0.2) is 0 Å². The van der Waals surface area contributed by atoms with E-state index in [0.29, 0.717) is 12.5 Å². The number of unbranched alkanes of at least 4 members (excludes halogenated alkanes) is 9. The topological polar surface area (TPSA) is 41.6 Å². The van der Waals surface area contributed by atoms with E-state index >= 15 is 0 Å². The molecule has 0 aromatic heterocycles. The summed E-state index contributed by atoms with van der Waals surface area (Å²) in [5.74, 6) is 0.378. The molecule has 1 unspecified atom stereocenters. The number of ether oxygens (including phenoxy) is 1. The van der Waals surface area contributed by atoms with Crippen molar-refractivity contribution < 1.29 is 9.53 Å². The maximum atomic E-state index is 12.7. The standard InChI is InChI=1S/C34H64N2O2/c1-6-9-12-15-18-21-24-27-32(28-25-22-19-16-13-10-7-2)33(29-26-23-20-17-14-11-8-3)38-34(37)35-30-31-36(4)5/h18-23,32-33H,6-17,24-31H2,1-5H3,(H,35,37)/b21-18-,22-19-,23-20-. The van der Waals surface area contributed by atoms with Gasteiger partial charge in [-0.1, -0.05) is 95.8 Å². The monoisotopic (exact) mass is 532 g/mol. The molecular formula is C34H64N2O2. The minimum atomic E-state index is -0.265. The van der Waals surface area contributed by atoms with Crippen LogP contribution in [0.15, 0.2) is 36.5 Å². The Hall–Kier alpha value is -1.55. The van der Waals surface area contributed by atoms with Crippen molar-refractivity contribution >= 4 is 6.09 Å². The first-order valence-electron chi connectivity index (χ1n) is 16.1. The Labute approximate surface area is 237 Å². The molecule has 1 atom stereocenters. The van der Waals surface area contributed by atoms with Crippen molar-refractivity contribution in [2.75, 3.05) is 27.2 Å². The van der Waals surface area contributed by atoms with Gasteiger partial charge in [0.25, 0.3) is 0 Å². The van der Waals surface area contributed by atoms with Crippen LogP contribution in [0.3, 0.4) is 0 Å². The zero-order valence-electron chi connectivity index (χ0n) is 26.0. The van der Waals surface area contributed by atoms with Crippen LogP contribution in [0.5, 0.6) is 0 Å². The highest BCUT2D eigenvalue weighted by Crippen LogP contribution is 2.25. The first-order chi connectivity index (χ1) is 18.5. The molecule has 1 amide bonds. The van der Waals surface area contributed by atoms with Crippen molar-refractivity contribution in [1.29, 1.82) is 0 Å². The van der Waals surface area contributed by atoms with Crippen molar-refractivity contribution in [3.05, 3.63) is 36.5 Å². The van der Waals surface area contributed by atoms with Gasteiger partial charge in [-0.2, -0.15) is 0 Å². The van der Waals surface area contributed by atoms with Crippen LogP contribution in [0.25, 0.3) is 0 Å². The maximum Gasteiger partial charge on any atom is 0.407 e. The molecule has 0 saturated heterocycles. The van der Waals surface area contributed by atoms with E-state index in [1.807, 2.05) is 14.1 Å². The predicted molar refractivity (Wildman–Crippen MR) is 168 cm³/mol. The summed E-state index contributed by atoms with van der Waals surface area (Å²) in [6, 6.07) is 0. The van der Waals surface area contributed by atoms with Crippen LogP contribution in [0.2, 0.25) is 0 Å². The predicted octanol–water partition coefficient (Wildman–Crippen LogP) is 10.0. The first kappa shape index (κ1) is 36.5. The van der Waals surface area contributed by atoms with Gasteiger partial charge in [0.05, 0.1) is 0 Å². The van der Waals surface area contributed by atoms with E-state index in [-0.39, 0.29) is 12.2 Å². The Morgan fingerprint density at radius 3 is 1.50 bits per heavy atom. The van der Waals surface area contributed by atoms with Crippen molar-refractivity contribution in [2.45, 2.75) is 142 Å². The molecule has 4 heteroatoms. The molecule has 1 N–H and O–H groups in total. The lowest BCUT2D eigenvalue weighted by atomic mass is 9.88. The van der Waals surface area contributed by atoms with Crippen LogP contribution < -0.4 is 5.32 Å². The van der Waals surface area contributed by atoms with Gasteiger partial charge in [0.1, 0.15) is 6.10 Å². The van der Waals surface area contributed by atoms with Crippen LogP contribution in [0, 0.1) is 5.92 Å². The second kappa shape index (κ2) is 28.5. The van der Waals surface area contributed by atoms with E-state index in [0.717, 1.165) is 51.5 Å². The Balaban J connectivity index is 5.15. The van der Waals surface area contributed by atoms with Gasteiger partial charge in [0, 0.05) is 13.1 Å². The normalized spacial score (nSPS) is 13.0. The van der Waals surface area contributed by atoms with Crippen molar-refractivity contribution in [3.63, 3.8) is 0 Å². The molecule has 0 heterocycles. The molecule has 38 heavy (non-hydrogen) atoms. The fourth-order valence-electron chi connectivity index (χ4n) is 4.59. The van der Waals surface area contributed by atoms with Gasteiger partial charge in [0.2, 0.25) is 0 Å². The Bertz CT molecular complexity index is 573. The first-order valence-corrected chi connectivity index (χ1v) is 16.1. The zero-order valence-corrected chi connectivity index (χ0v) is 26.0. The molecule has 0 aliphatic heterocycles. The number of nitrogens with one attached hydrogen (secondary N) is 1. The summed E-state index contributed by atoms with van der Waals surface area (Å²) < 4.78 is 6.11. The Morgan fingerprint density at radius 1 is 0.658 bits per heavy atom. The van der Waals surface area contributed by atoms with Gasteiger partial charge in [-0.15, -0.1) is 0 Å². The number of alkyl carbamates (subject to hydrolysis) is 1. The van der Waals surface area contributed by atoms with Crippen LogP contribution in [0.4, 0.5) is 4.79 Å². The van der Waals surface area contributed by atoms with Crippen molar-refractivity contribution in [2.24, 2.45) is 5.92 Å². The van der Waals surface area contributed by atoms with Gasteiger partial charge in [-0.25, -0.2) is 4.79 Å². The average Bonchev–Trinajstić information content (AvgIpc) is 2.89. The summed E-state index contributed by atoms with van der Waals surface area (Å²) in [7, 11) is 4.04. The van der Waals surface area contributed by atoms with Gasteiger partial charge in [-0.05, 0) is 97.1 Å². The number of amides is 1. The Morgan fingerprint density at radius 2 is 1.08 bits per heavy atom. The molecule has 0 aromatic carbocycles. The van der Waals surface area contributed by atoms with E-state index in [1.54, 1.807) is 0 Å². The number of carbonyl (C=O) groups excluding carboxylic acids is 1. The van der Waals surface area contributed by atoms with E-state index in [9.17, 15) is 4.79 Å². The second-order valence-corrected chi connectivity index (χ2v) is 11.1. The molecule has 0 aromatic rings. The second-order valence-electron chi connectivity index (χ2n) is 11.1. The highest BCUT2D eigenvalue weighted by molar-refractivity contribution is 5.67. The third-order valence-electron chi connectivity index (χ3n) is 7.06. The Kier molecular flexibility index (Phi) is 27.3. The third kappa shape index (κ3) is 24.8. The molecule has 0 spiro atoms. The molecule has 0 bridgehead atoms. The molecule has 0 saturated carbocycles. The summed E-state index contributed by atoms with van der Waals surface area (Å²) in [5.41, 5.74) is 0. The SMILES string of the molecule is CCCCC/C=C\CCC(CC/C=C\CCCCC)C(CC/C=C\CCCCC)OC(=O)NCCN(C)C. The van der Waals surface area contributed by atoms with E-state index in [4.69, 9.17) is 4.74 Å². The largest absolute Gasteiger partial charge is 0.446 e. The van der Waals surface area contributed by atoms with Crippen LogP contribution in [-0.4, -0.2) is 44.3 Å². The number of allylic oxidation sites excluding steroid dienone is 6. The number of hydrogen-bond donors (Lipinski definition) is 1. The molecule has 0 aliphatic carbocycles. The molecule has 222 valence electrons. The highest BCUT2D eigenvalue weighted by atomic mass is 16.6. The van der Waals surface area contributed by atoms with Gasteiger partial charge in [-0.3, -0.25) is 0 Å². The van der Waals surface area contributed by atoms with Crippen molar-refractivity contribution in [1.82, 2.24) is 10.2 Å². The van der Waals surface area contributed by atoms with Crippen LogP contribution in [0.1, 0.15) is 136 Å². The molecule has 4 nitrogen and oxygen atoms in total. The van der Waals surface area contributed by atoms with Crippen LogP contribution >= 0.6 is 0 Å². The minimum Gasteiger partial charge on any atom is -0.446 e. The summed E-state index contributed by atoms with van der Waals surface area (Å²) >= 11 is 0. The fraction of sp³-hybridized carbons (Fsp3) is 0.794. The molecule has 0 aliphatic rings. The number of hydrogen-bond acceptors (Lipinski definition) is 3. The quantitative estimate of drug-likeness (QED) is 0.0890. The lowest BCUT2D eigenvalue weighted by Crippen LogP contribution is -2.36. The number of nitrogens with zero attached hydrogens (tertiary/aromatic N) is 1. The van der Waals surface area contributed by atoms with Gasteiger partial charge >= 0.3 is 6.09 Å². The lowest BCUT2D eigenvalue weighted by molar-refractivity contribution is 0.0508. The van der Waals surface area contributed by atoms with Crippen molar-refractivity contribution in [3.8, 4) is 0 Å². The summed E-state index contributed by atoms with van der Waals surface area (Å²) in [5, 5.41) is 2.97. The van der Waals surface area contributed by atoms with Gasteiger partial charge < -0.3 is 15.0 Å². The average molecular weight is 533 g/mol. The molecule has 0 rings (SSSR count). The minimum absolute atomic E-state index is 0.0448. The van der Waals surface area contributed by atoms with Crippen LogP contribution in [-0.2, 0) is 4.74 Å². The van der Waals surface area contributed by atoms with E-state index in [2.05, 4.69) is 67.4 Å². The summed E-state index contributed by atoms with van der Waals surface area (Å²) in [4.78, 5) is 14.8. The van der Waals surface area contributed by atoms with E-state index in [1.165, 1.54) is 70.6 Å². The fourth-order valence-corrected chi connectivity index (χ4v) is 4.59. The summed E-state index contributed by atoms with van der Waals surface area (Å²) in [6.07, 6.45) is 34.9. The molecular weight excluding hydrogens is 468 g/mol. The highest BCUT2D eigenvalue weighted by Gasteiger charge is 2.24. The smallest absolute Gasteiger partial charge is 0.407 e. The maximum absolute atomic E-state index is 12.7. The summed E-state index contributed by atoms with van der Waals surface area (Å²) in [6.45, 7) is 8.18. The number of carbonyl (C=O) groups is 1. The molecule has 0 fully saturated rings. The van der Waals surface area contributed by atoms with E-state index < -0.39 is 0 Å². The zero-order chi connectivity index (χ0) is 28.1. The number of likely N-dealkylation sites (N-methyl/N-ethyl adjacent to an activating group) is 1.